The third-order valence-corrected chi connectivity index (χ3v) is 3.31. The zero-order chi connectivity index (χ0) is 12.6. The maximum atomic E-state index is 12.0. The smallest absolute Gasteiger partial charge is 0.251 e. The van der Waals surface area contributed by atoms with Crippen LogP contribution in [0.3, 0.4) is 0 Å². The van der Waals surface area contributed by atoms with Crippen molar-refractivity contribution < 1.29 is 4.79 Å². The molecule has 1 aliphatic rings. The van der Waals surface area contributed by atoms with Gasteiger partial charge in [-0.15, -0.1) is 0 Å². The number of nitrogens with one attached hydrogen (secondary N) is 1. The predicted molar refractivity (Wildman–Crippen MR) is 69.2 cm³/mol. The van der Waals surface area contributed by atoms with Gasteiger partial charge in [-0.05, 0) is 29.0 Å². The van der Waals surface area contributed by atoms with E-state index in [9.17, 15) is 4.79 Å². The van der Waals surface area contributed by atoms with Crippen molar-refractivity contribution in [2.45, 2.75) is 38.6 Å². The van der Waals surface area contributed by atoms with Gasteiger partial charge in [0.15, 0.2) is 0 Å². The van der Waals surface area contributed by atoms with Crippen LogP contribution in [0.25, 0.3) is 0 Å². The third-order valence-electron chi connectivity index (χ3n) is 3.31. The first-order chi connectivity index (χ1) is 7.91. The first-order valence-corrected chi connectivity index (χ1v) is 6.06. The van der Waals surface area contributed by atoms with E-state index in [0.717, 1.165) is 17.5 Å². The second kappa shape index (κ2) is 4.15. The van der Waals surface area contributed by atoms with Crippen molar-refractivity contribution in [3.05, 3.63) is 34.9 Å². The zero-order valence-electron chi connectivity index (χ0n) is 10.7. The highest BCUT2D eigenvalue weighted by molar-refractivity contribution is 5.97. The molecule has 1 heterocycles. The topological polar surface area (TPSA) is 55.1 Å². The van der Waals surface area contributed by atoms with Crippen LogP contribution in [0, 0.1) is 0 Å². The second-order valence-electron chi connectivity index (χ2n) is 5.73. The Hall–Kier alpha value is -1.35. The van der Waals surface area contributed by atoms with E-state index in [1.165, 1.54) is 5.56 Å². The van der Waals surface area contributed by atoms with Crippen LogP contribution in [0.4, 0.5) is 0 Å². The van der Waals surface area contributed by atoms with Gasteiger partial charge in [0.2, 0.25) is 0 Å². The van der Waals surface area contributed by atoms with Gasteiger partial charge in [0.05, 0.1) is 0 Å². The molecule has 3 heteroatoms. The Kier molecular flexibility index (Phi) is 2.96. The van der Waals surface area contributed by atoms with Gasteiger partial charge in [0.1, 0.15) is 0 Å². The Bertz CT molecular complexity index is 446. The summed E-state index contributed by atoms with van der Waals surface area (Å²) in [7, 11) is 0. The zero-order valence-corrected chi connectivity index (χ0v) is 10.7. The van der Waals surface area contributed by atoms with E-state index in [0.29, 0.717) is 6.54 Å². The highest BCUT2D eigenvalue weighted by atomic mass is 16.1. The lowest BCUT2D eigenvalue weighted by Gasteiger charge is -2.27. The van der Waals surface area contributed by atoms with Crippen LogP contribution in [-0.4, -0.2) is 18.5 Å². The van der Waals surface area contributed by atoms with Crippen molar-refractivity contribution in [1.29, 1.82) is 0 Å². The van der Waals surface area contributed by atoms with Gasteiger partial charge < -0.3 is 11.1 Å². The van der Waals surface area contributed by atoms with Crippen molar-refractivity contribution in [3.8, 4) is 0 Å². The maximum absolute atomic E-state index is 12.0. The molecule has 0 bridgehead atoms. The van der Waals surface area contributed by atoms with Crippen LogP contribution >= 0.6 is 0 Å². The molecule has 1 amide bonds. The number of nitrogens with two attached hydrogens (primary N) is 1. The SMILES string of the molecule is CC(C)(C)c1ccc2c(c1)C(=O)NC(CN)C2. The number of fused-ring (bicyclic) bond motifs is 1. The monoisotopic (exact) mass is 232 g/mol. The molecule has 3 N–H and O–H groups in total. The highest BCUT2D eigenvalue weighted by Gasteiger charge is 2.25. The summed E-state index contributed by atoms with van der Waals surface area (Å²) < 4.78 is 0. The minimum Gasteiger partial charge on any atom is -0.348 e. The number of hydrogen-bond acceptors (Lipinski definition) is 2. The number of rotatable bonds is 1. The summed E-state index contributed by atoms with van der Waals surface area (Å²) in [5, 5.41) is 2.94. The molecular weight excluding hydrogens is 212 g/mol. The summed E-state index contributed by atoms with van der Waals surface area (Å²) in [4.78, 5) is 12.0. The summed E-state index contributed by atoms with van der Waals surface area (Å²) >= 11 is 0. The van der Waals surface area contributed by atoms with Crippen LogP contribution in [0.1, 0.15) is 42.3 Å². The molecule has 1 aromatic carbocycles. The molecule has 2 rings (SSSR count). The van der Waals surface area contributed by atoms with Crippen LogP contribution in [0.15, 0.2) is 18.2 Å². The molecule has 1 aromatic rings. The fourth-order valence-corrected chi connectivity index (χ4v) is 2.15. The van der Waals surface area contributed by atoms with Crippen molar-refractivity contribution >= 4 is 5.91 Å². The Morgan fingerprint density at radius 3 is 2.71 bits per heavy atom. The molecule has 1 atom stereocenters. The Balaban J connectivity index is 2.41. The fraction of sp³-hybridized carbons (Fsp3) is 0.500. The van der Waals surface area contributed by atoms with E-state index >= 15 is 0 Å². The van der Waals surface area contributed by atoms with E-state index in [2.05, 4.69) is 38.2 Å². The predicted octanol–water partition coefficient (Wildman–Crippen LogP) is 1.60. The van der Waals surface area contributed by atoms with Crippen LogP contribution in [0.5, 0.6) is 0 Å². The molecule has 0 spiro atoms. The summed E-state index contributed by atoms with van der Waals surface area (Å²) in [6, 6.07) is 6.27. The highest BCUT2D eigenvalue weighted by Crippen LogP contribution is 2.26. The quantitative estimate of drug-likeness (QED) is 0.772. The van der Waals surface area contributed by atoms with Crippen molar-refractivity contribution in [1.82, 2.24) is 5.32 Å². The average Bonchev–Trinajstić information content (AvgIpc) is 2.27. The normalized spacial score (nSPS) is 19.8. The number of carbonyl (C=O) groups is 1. The molecule has 1 aliphatic heterocycles. The molecule has 0 aromatic heterocycles. The Labute approximate surface area is 102 Å². The summed E-state index contributed by atoms with van der Waals surface area (Å²) in [6.07, 6.45) is 0.835. The molecule has 0 saturated carbocycles. The van der Waals surface area contributed by atoms with E-state index in [4.69, 9.17) is 5.73 Å². The molecular formula is C14H20N2O. The van der Waals surface area contributed by atoms with Gasteiger partial charge in [-0.1, -0.05) is 32.9 Å². The largest absolute Gasteiger partial charge is 0.348 e. The van der Waals surface area contributed by atoms with E-state index in [-0.39, 0.29) is 17.4 Å². The average molecular weight is 232 g/mol. The van der Waals surface area contributed by atoms with Gasteiger partial charge in [0, 0.05) is 18.2 Å². The van der Waals surface area contributed by atoms with E-state index in [1.807, 2.05) is 6.07 Å². The molecule has 17 heavy (non-hydrogen) atoms. The van der Waals surface area contributed by atoms with Gasteiger partial charge in [-0.2, -0.15) is 0 Å². The molecule has 0 radical (unpaired) electrons. The summed E-state index contributed by atoms with van der Waals surface area (Å²) in [5.41, 5.74) is 8.78. The molecule has 92 valence electrons. The number of amides is 1. The van der Waals surface area contributed by atoms with Crippen LogP contribution in [-0.2, 0) is 11.8 Å². The van der Waals surface area contributed by atoms with Crippen molar-refractivity contribution in [2.75, 3.05) is 6.54 Å². The standard InChI is InChI=1S/C14H20N2O/c1-14(2,3)10-5-4-9-6-11(8-15)16-13(17)12(9)7-10/h4-5,7,11H,6,8,15H2,1-3H3,(H,16,17). The summed E-state index contributed by atoms with van der Waals surface area (Å²) in [5.74, 6) is 0.00722. The van der Waals surface area contributed by atoms with Gasteiger partial charge in [0.25, 0.3) is 5.91 Å². The molecule has 0 saturated heterocycles. The lowest BCUT2D eigenvalue weighted by atomic mass is 9.83. The molecule has 0 aliphatic carbocycles. The third kappa shape index (κ3) is 2.34. The lowest BCUT2D eigenvalue weighted by molar-refractivity contribution is 0.0926. The van der Waals surface area contributed by atoms with Crippen LogP contribution in [0.2, 0.25) is 0 Å². The van der Waals surface area contributed by atoms with Gasteiger partial charge in [-0.25, -0.2) is 0 Å². The molecule has 3 nitrogen and oxygen atoms in total. The molecule has 1 unspecified atom stereocenters. The van der Waals surface area contributed by atoms with Crippen LogP contribution < -0.4 is 11.1 Å². The minimum absolute atomic E-state index is 0.00722. The fourth-order valence-electron chi connectivity index (χ4n) is 2.15. The first kappa shape index (κ1) is 12.1. The van der Waals surface area contributed by atoms with Crippen molar-refractivity contribution in [2.24, 2.45) is 5.73 Å². The number of hydrogen-bond donors (Lipinski definition) is 2. The van der Waals surface area contributed by atoms with E-state index < -0.39 is 0 Å². The van der Waals surface area contributed by atoms with Gasteiger partial charge >= 0.3 is 0 Å². The number of carbonyl (C=O) groups excluding carboxylic acids is 1. The van der Waals surface area contributed by atoms with Crippen molar-refractivity contribution in [3.63, 3.8) is 0 Å². The minimum atomic E-state index is 0.00722. The Morgan fingerprint density at radius 1 is 1.41 bits per heavy atom. The van der Waals surface area contributed by atoms with Gasteiger partial charge in [-0.3, -0.25) is 4.79 Å². The first-order valence-electron chi connectivity index (χ1n) is 6.06. The lowest BCUT2D eigenvalue weighted by Crippen LogP contribution is -2.45. The molecule has 0 fully saturated rings. The maximum Gasteiger partial charge on any atom is 0.251 e. The summed E-state index contributed by atoms with van der Waals surface area (Å²) in [6.45, 7) is 6.95. The Morgan fingerprint density at radius 2 is 2.12 bits per heavy atom. The second-order valence-corrected chi connectivity index (χ2v) is 5.73. The number of benzene rings is 1. The van der Waals surface area contributed by atoms with E-state index in [1.54, 1.807) is 0 Å².